The van der Waals surface area contributed by atoms with Crippen LogP contribution in [0.5, 0.6) is 5.75 Å². The lowest BCUT2D eigenvalue weighted by atomic mass is 10.1. The number of aliphatic imine (C=N–C) groups is 1. The third-order valence-electron chi connectivity index (χ3n) is 4.13. The van der Waals surface area contributed by atoms with E-state index < -0.39 is 0 Å². The second kappa shape index (κ2) is 9.42. The van der Waals surface area contributed by atoms with E-state index in [9.17, 15) is 4.79 Å². The van der Waals surface area contributed by atoms with Crippen molar-refractivity contribution in [1.29, 1.82) is 0 Å². The summed E-state index contributed by atoms with van der Waals surface area (Å²) in [5.41, 5.74) is 3.12. The standard InChI is InChI=1S/C22H24N2O2S/c1-3-5-6-16-7-11-18(12-8-16)23-22-24-21(25)20(27-22)15-17-9-13-19(14-10-17)26-4-2/h7-15H,3-6H2,1-2H3,(H,23,24,25). The third-order valence-corrected chi connectivity index (χ3v) is 5.04. The van der Waals surface area contributed by atoms with E-state index in [1.165, 1.54) is 30.2 Å². The summed E-state index contributed by atoms with van der Waals surface area (Å²) in [7, 11) is 0. The van der Waals surface area contributed by atoms with E-state index >= 15 is 0 Å². The number of unbranched alkanes of at least 4 members (excludes halogenated alkanes) is 1. The Hall–Kier alpha value is -2.53. The first-order valence-corrected chi connectivity index (χ1v) is 10.1. The van der Waals surface area contributed by atoms with Gasteiger partial charge in [0, 0.05) is 0 Å². The van der Waals surface area contributed by atoms with Crippen LogP contribution in [0.25, 0.3) is 6.08 Å². The van der Waals surface area contributed by atoms with Crippen molar-refractivity contribution < 1.29 is 9.53 Å². The molecule has 2 aromatic carbocycles. The molecule has 1 fully saturated rings. The zero-order valence-electron chi connectivity index (χ0n) is 15.7. The number of nitrogens with one attached hydrogen (secondary N) is 1. The highest BCUT2D eigenvalue weighted by molar-refractivity contribution is 8.18. The number of rotatable bonds is 7. The largest absolute Gasteiger partial charge is 0.494 e. The number of aryl methyl sites for hydroxylation is 1. The van der Waals surface area contributed by atoms with Gasteiger partial charge in [-0.1, -0.05) is 37.6 Å². The van der Waals surface area contributed by atoms with Gasteiger partial charge in [-0.2, -0.15) is 0 Å². The molecule has 5 heteroatoms. The molecule has 140 valence electrons. The average Bonchev–Trinajstić information content (AvgIpc) is 3.02. The number of amidine groups is 1. The summed E-state index contributed by atoms with van der Waals surface area (Å²) in [4.78, 5) is 17.4. The molecule has 4 nitrogen and oxygen atoms in total. The molecule has 0 radical (unpaired) electrons. The van der Waals surface area contributed by atoms with Crippen molar-refractivity contribution >= 4 is 34.6 Å². The fourth-order valence-corrected chi connectivity index (χ4v) is 3.54. The Morgan fingerprint density at radius 2 is 1.81 bits per heavy atom. The summed E-state index contributed by atoms with van der Waals surface area (Å²) < 4.78 is 5.44. The fourth-order valence-electron chi connectivity index (χ4n) is 2.69. The quantitative estimate of drug-likeness (QED) is 0.662. The second-order valence-corrected chi connectivity index (χ2v) is 7.28. The van der Waals surface area contributed by atoms with Crippen LogP contribution >= 0.6 is 11.8 Å². The monoisotopic (exact) mass is 380 g/mol. The fraction of sp³-hybridized carbons (Fsp3) is 0.273. The summed E-state index contributed by atoms with van der Waals surface area (Å²) in [6.45, 7) is 4.78. The Balaban J connectivity index is 1.68. The smallest absolute Gasteiger partial charge is 0.264 e. The maximum Gasteiger partial charge on any atom is 0.264 e. The Bertz CT molecular complexity index is 840. The normalized spacial score (nSPS) is 16.7. The molecule has 0 unspecified atom stereocenters. The van der Waals surface area contributed by atoms with Crippen LogP contribution < -0.4 is 10.1 Å². The van der Waals surface area contributed by atoms with Crippen LogP contribution in [0.3, 0.4) is 0 Å². The van der Waals surface area contributed by atoms with E-state index in [0.29, 0.717) is 16.7 Å². The van der Waals surface area contributed by atoms with Gasteiger partial charge in [0.1, 0.15) is 5.75 Å². The third kappa shape index (κ3) is 5.47. The lowest BCUT2D eigenvalue weighted by Gasteiger charge is -2.02. The number of thioether (sulfide) groups is 1. The minimum Gasteiger partial charge on any atom is -0.494 e. The molecular weight excluding hydrogens is 356 g/mol. The molecule has 0 aliphatic carbocycles. The van der Waals surface area contributed by atoms with Gasteiger partial charge >= 0.3 is 0 Å². The van der Waals surface area contributed by atoms with Crippen molar-refractivity contribution in [1.82, 2.24) is 5.32 Å². The van der Waals surface area contributed by atoms with Gasteiger partial charge in [-0.3, -0.25) is 4.79 Å². The van der Waals surface area contributed by atoms with Crippen LogP contribution in [0.1, 0.15) is 37.8 Å². The average molecular weight is 381 g/mol. The van der Waals surface area contributed by atoms with Gasteiger partial charge in [-0.25, -0.2) is 4.99 Å². The molecule has 0 bridgehead atoms. The Morgan fingerprint density at radius 3 is 2.48 bits per heavy atom. The van der Waals surface area contributed by atoms with Crippen molar-refractivity contribution in [3.63, 3.8) is 0 Å². The van der Waals surface area contributed by atoms with E-state index in [4.69, 9.17) is 4.74 Å². The zero-order valence-corrected chi connectivity index (χ0v) is 16.5. The molecule has 0 spiro atoms. The Labute approximate surface area is 164 Å². The lowest BCUT2D eigenvalue weighted by molar-refractivity contribution is -0.115. The molecule has 1 aliphatic rings. The van der Waals surface area contributed by atoms with Crippen molar-refractivity contribution in [2.45, 2.75) is 33.1 Å². The van der Waals surface area contributed by atoms with Gasteiger partial charge in [0.15, 0.2) is 5.17 Å². The number of hydrogen-bond donors (Lipinski definition) is 1. The number of carbonyl (C=O) groups is 1. The first-order chi connectivity index (χ1) is 13.2. The van der Waals surface area contributed by atoms with Crippen molar-refractivity contribution in [3.05, 3.63) is 64.6 Å². The maximum atomic E-state index is 12.2. The van der Waals surface area contributed by atoms with Crippen molar-refractivity contribution in [2.24, 2.45) is 4.99 Å². The van der Waals surface area contributed by atoms with Crippen LogP contribution in [-0.4, -0.2) is 17.7 Å². The minimum absolute atomic E-state index is 0.118. The molecule has 1 amide bonds. The molecule has 3 rings (SSSR count). The van der Waals surface area contributed by atoms with E-state index in [0.717, 1.165) is 23.4 Å². The van der Waals surface area contributed by atoms with Crippen LogP contribution in [0.2, 0.25) is 0 Å². The van der Waals surface area contributed by atoms with Gasteiger partial charge < -0.3 is 10.1 Å². The number of amides is 1. The summed E-state index contributed by atoms with van der Waals surface area (Å²) in [5, 5.41) is 3.44. The number of carbonyl (C=O) groups excluding carboxylic acids is 1. The predicted octanol–water partition coefficient (Wildman–Crippen LogP) is 5.32. The molecule has 0 atom stereocenters. The molecule has 1 heterocycles. The Morgan fingerprint density at radius 1 is 1.07 bits per heavy atom. The van der Waals surface area contributed by atoms with E-state index in [2.05, 4.69) is 29.4 Å². The van der Waals surface area contributed by atoms with Crippen molar-refractivity contribution in [3.8, 4) is 5.75 Å². The zero-order chi connectivity index (χ0) is 19.1. The van der Waals surface area contributed by atoms with Crippen molar-refractivity contribution in [2.75, 3.05) is 6.61 Å². The molecule has 2 aromatic rings. The Kier molecular flexibility index (Phi) is 6.71. The van der Waals surface area contributed by atoms with Crippen LogP contribution in [0, 0.1) is 0 Å². The highest BCUT2D eigenvalue weighted by Crippen LogP contribution is 2.28. The molecular formula is C22H24N2O2S. The summed E-state index contributed by atoms with van der Waals surface area (Å²) in [6, 6.07) is 15.9. The lowest BCUT2D eigenvalue weighted by Crippen LogP contribution is -2.19. The van der Waals surface area contributed by atoms with Gasteiger partial charge in [0.2, 0.25) is 0 Å². The summed E-state index contributed by atoms with van der Waals surface area (Å²) in [5.74, 6) is 0.708. The van der Waals surface area contributed by atoms with Crippen LogP contribution in [0.4, 0.5) is 5.69 Å². The van der Waals surface area contributed by atoms with E-state index in [-0.39, 0.29) is 5.91 Å². The maximum absolute atomic E-state index is 12.2. The molecule has 1 N–H and O–H groups in total. The predicted molar refractivity (Wildman–Crippen MR) is 113 cm³/mol. The topological polar surface area (TPSA) is 50.7 Å². The van der Waals surface area contributed by atoms with Gasteiger partial charge in [0.05, 0.1) is 17.2 Å². The van der Waals surface area contributed by atoms with Gasteiger partial charge in [-0.15, -0.1) is 0 Å². The van der Waals surface area contributed by atoms with Gasteiger partial charge in [-0.05, 0) is 73.0 Å². The SMILES string of the molecule is CCCCc1ccc(N=C2NC(=O)C(=Cc3ccc(OCC)cc3)S2)cc1. The first kappa shape index (κ1) is 19.2. The number of hydrogen-bond acceptors (Lipinski definition) is 4. The first-order valence-electron chi connectivity index (χ1n) is 9.29. The highest BCUT2D eigenvalue weighted by atomic mass is 32.2. The van der Waals surface area contributed by atoms with E-state index in [1.807, 2.05) is 49.4 Å². The number of benzene rings is 2. The van der Waals surface area contributed by atoms with Crippen LogP contribution in [0.15, 0.2) is 58.4 Å². The highest BCUT2D eigenvalue weighted by Gasteiger charge is 2.23. The number of nitrogens with zero attached hydrogens (tertiary/aromatic N) is 1. The molecule has 1 aliphatic heterocycles. The van der Waals surface area contributed by atoms with Gasteiger partial charge in [0.25, 0.3) is 5.91 Å². The van der Waals surface area contributed by atoms with Crippen LogP contribution in [-0.2, 0) is 11.2 Å². The molecule has 0 saturated carbocycles. The molecule has 0 aromatic heterocycles. The number of ether oxygens (including phenoxy) is 1. The summed E-state index contributed by atoms with van der Waals surface area (Å²) in [6.07, 6.45) is 5.34. The second-order valence-electron chi connectivity index (χ2n) is 6.25. The summed E-state index contributed by atoms with van der Waals surface area (Å²) >= 11 is 1.36. The van der Waals surface area contributed by atoms with E-state index in [1.54, 1.807) is 0 Å². The minimum atomic E-state index is -0.118. The molecule has 27 heavy (non-hydrogen) atoms. The molecule has 1 saturated heterocycles.